The van der Waals surface area contributed by atoms with Gasteiger partial charge in [0.1, 0.15) is 0 Å². The van der Waals surface area contributed by atoms with Crippen LogP contribution < -0.4 is 0 Å². The van der Waals surface area contributed by atoms with Crippen LogP contribution in [-0.4, -0.2) is 36.0 Å². The van der Waals surface area contributed by atoms with Crippen LogP contribution in [0.25, 0.3) is 0 Å². The maximum atomic E-state index is 11.9. The molecule has 0 aliphatic rings. The first-order chi connectivity index (χ1) is 12.1. The number of nitrogens with zero attached hydrogens (tertiary/aromatic N) is 2. The van der Waals surface area contributed by atoms with Crippen molar-refractivity contribution >= 4 is 17.2 Å². The highest BCUT2D eigenvalue weighted by molar-refractivity contribution is 6.51. The molecular formula is C22H34N2O2. The van der Waals surface area contributed by atoms with Crippen LogP contribution in [0.4, 0.5) is 0 Å². The van der Waals surface area contributed by atoms with E-state index in [1.807, 2.05) is 32.9 Å². The van der Waals surface area contributed by atoms with Crippen molar-refractivity contribution in [3.63, 3.8) is 0 Å². The lowest BCUT2D eigenvalue weighted by molar-refractivity contribution is -0.113. The van der Waals surface area contributed by atoms with E-state index in [1.54, 1.807) is 20.0 Å². The van der Waals surface area contributed by atoms with Crippen LogP contribution in [0.15, 0.2) is 57.7 Å². The van der Waals surface area contributed by atoms with Gasteiger partial charge in [0.15, 0.2) is 5.78 Å². The molecule has 0 spiro atoms. The Kier molecular flexibility index (Phi) is 10.6. The Balaban J connectivity index is 6.38. The average molecular weight is 359 g/mol. The molecule has 1 N–H and O–H groups in total. The van der Waals surface area contributed by atoms with E-state index < -0.39 is 5.41 Å². The van der Waals surface area contributed by atoms with E-state index in [0.29, 0.717) is 22.6 Å². The van der Waals surface area contributed by atoms with Crippen molar-refractivity contribution in [2.24, 2.45) is 15.4 Å². The van der Waals surface area contributed by atoms with E-state index in [9.17, 15) is 9.90 Å². The van der Waals surface area contributed by atoms with Gasteiger partial charge in [0.05, 0.1) is 18.0 Å². The van der Waals surface area contributed by atoms with Crippen LogP contribution in [0.2, 0.25) is 0 Å². The molecule has 0 amide bonds. The fourth-order valence-electron chi connectivity index (χ4n) is 2.22. The summed E-state index contributed by atoms with van der Waals surface area (Å²) in [5.41, 5.74) is 2.82. The Morgan fingerprint density at radius 1 is 1.23 bits per heavy atom. The third kappa shape index (κ3) is 7.44. The molecule has 0 saturated carbocycles. The molecule has 0 heterocycles. The number of aliphatic hydroxyl groups excluding tert-OH is 1. The van der Waals surface area contributed by atoms with Gasteiger partial charge >= 0.3 is 0 Å². The van der Waals surface area contributed by atoms with E-state index >= 15 is 0 Å². The Morgan fingerprint density at radius 2 is 1.85 bits per heavy atom. The molecular weight excluding hydrogens is 324 g/mol. The summed E-state index contributed by atoms with van der Waals surface area (Å²) in [7, 11) is 1.67. The number of hydrogen-bond donors (Lipinski definition) is 1. The highest BCUT2D eigenvalue weighted by atomic mass is 16.3. The molecule has 4 heteroatoms. The fourth-order valence-corrected chi connectivity index (χ4v) is 2.22. The summed E-state index contributed by atoms with van der Waals surface area (Å²) >= 11 is 0. The zero-order valence-corrected chi connectivity index (χ0v) is 17.4. The number of rotatable bonds is 10. The van der Waals surface area contributed by atoms with Crippen molar-refractivity contribution in [2.45, 2.75) is 54.4 Å². The zero-order chi connectivity index (χ0) is 20.3. The molecule has 0 radical (unpaired) electrons. The van der Waals surface area contributed by atoms with Crippen LogP contribution in [-0.2, 0) is 4.79 Å². The average Bonchev–Trinajstić information content (AvgIpc) is 2.57. The summed E-state index contributed by atoms with van der Waals surface area (Å²) in [6.07, 6.45) is 9.41. The first-order valence-electron chi connectivity index (χ1n) is 9.03. The monoisotopic (exact) mass is 358 g/mol. The van der Waals surface area contributed by atoms with Gasteiger partial charge in [0.2, 0.25) is 0 Å². The second-order valence-electron chi connectivity index (χ2n) is 6.92. The lowest BCUT2D eigenvalue weighted by Gasteiger charge is -2.23. The fraction of sp³-hybridized carbons (Fsp3) is 0.500. The Labute approximate surface area is 158 Å². The zero-order valence-electron chi connectivity index (χ0n) is 17.4. The van der Waals surface area contributed by atoms with Crippen LogP contribution in [0, 0.1) is 5.41 Å². The van der Waals surface area contributed by atoms with Crippen LogP contribution >= 0.6 is 0 Å². The summed E-state index contributed by atoms with van der Waals surface area (Å²) < 4.78 is 0. The van der Waals surface area contributed by atoms with Crippen molar-refractivity contribution in [3.05, 3.63) is 47.7 Å². The molecule has 0 aromatic carbocycles. The highest BCUT2D eigenvalue weighted by Gasteiger charge is 2.23. The van der Waals surface area contributed by atoms with Crippen molar-refractivity contribution in [2.75, 3.05) is 13.7 Å². The van der Waals surface area contributed by atoms with Gasteiger partial charge in [-0.2, -0.15) is 0 Å². The maximum absolute atomic E-state index is 11.9. The second-order valence-corrected chi connectivity index (χ2v) is 6.92. The van der Waals surface area contributed by atoms with E-state index in [0.717, 1.165) is 18.5 Å². The minimum absolute atomic E-state index is 0.00588. The van der Waals surface area contributed by atoms with E-state index in [1.165, 1.54) is 6.92 Å². The van der Waals surface area contributed by atoms with Gasteiger partial charge in [0.25, 0.3) is 0 Å². The van der Waals surface area contributed by atoms with E-state index in [2.05, 4.69) is 24.6 Å². The summed E-state index contributed by atoms with van der Waals surface area (Å²) in [5, 5.41) is 9.77. The van der Waals surface area contributed by atoms with Crippen molar-refractivity contribution in [1.29, 1.82) is 0 Å². The van der Waals surface area contributed by atoms with Gasteiger partial charge in [-0.15, -0.1) is 0 Å². The minimum atomic E-state index is -0.470. The van der Waals surface area contributed by atoms with Gasteiger partial charge in [-0.25, -0.2) is 0 Å². The number of Topliss-reactive ketones (excluding diaryl/α,β-unsaturated/α-hetero) is 1. The van der Waals surface area contributed by atoms with Crippen LogP contribution in [0.5, 0.6) is 0 Å². The molecule has 0 unspecified atom stereocenters. The van der Waals surface area contributed by atoms with E-state index in [-0.39, 0.29) is 12.4 Å². The van der Waals surface area contributed by atoms with Gasteiger partial charge in [0, 0.05) is 23.7 Å². The number of hydrogen-bond acceptors (Lipinski definition) is 4. The van der Waals surface area contributed by atoms with Gasteiger partial charge in [-0.05, 0) is 44.9 Å². The van der Waals surface area contributed by atoms with Crippen LogP contribution in [0.1, 0.15) is 54.4 Å². The Morgan fingerprint density at radius 3 is 2.23 bits per heavy atom. The molecule has 0 fully saturated rings. The number of carbonyl (C=O) groups excluding carboxylic acids is 1. The SMILES string of the molecule is C=C(C)/C(=C/C(=NC)C(/C=C\C)=N\C(=C\CCC)C(C)(C)CO)C(C)=O. The molecule has 0 bridgehead atoms. The number of aliphatic imine (C=N–C) groups is 2. The summed E-state index contributed by atoms with van der Waals surface area (Å²) in [5.74, 6) is -0.0593. The molecule has 4 nitrogen and oxygen atoms in total. The standard InChI is InChI=1S/C22H34N2O2/c1-9-11-13-21(22(6,7)15-25)24-19(12-10-2)20(23-8)14-18(16(3)4)17(5)26/h10,12-14,25H,3,9,11,15H2,1-2,4-8H3/b12-10-,18-14-,21-13+,23-20?,24-19-. The molecule has 144 valence electrons. The van der Waals surface area contributed by atoms with Gasteiger partial charge in [-0.1, -0.05) is 45.9 Å². The lowest BCUT2D eigenvalue weighted by Crippen LogP contribution is -2.21. The van der Waals surface area contributed by atoms with Crippen molar-refractivity contribution < 1.29 is 9.90 Å². The molecule has 0 saturated heterocycles. The molecule has 0 aromatic heterocycles. The summed E-state index contributed by atoms with van der Waals surface area (Å²) in [6.45, 7) is 15.1. The number of unbranched alkanes of at least 4 members (excludes halogenated alkanes) is 1. The molecule has 0 rings (SSSR count). The summed E-state index contributed by atoms with van der Waals surface area (Å²) in [4.78, 5) is 21.0. The third-order valence-electron chi connectivity index (χ3n) is 3.90. The van der Waals surface area contributed by atoms with Crippen LogP contribution in [0.3, 0.4) is 0 Å². The topological polar surface area (TPSA) is 62.0 Å². The quantitative estimate of drug-likeness (QED) is 0.344. The third-order valence-corrected chi connectivity index (χ3v) is 3.90. The number of allylic oxidation sites excluding steroid dienone is 6. The first-order valence-corrected chi connectivity index (χ1v) is 9.03. The first kappa shape index (κ1) is 23.9. The molecule has 0 aliphatic heterocycles. The number of ketones is 1. The normalized spacial score (nSPS) is 14.9. The van der Waals surface area contributed by atoms with Gasteiger partial charge < -0.3 is 5.11 Å². The second kappa shape index (κ2) is 11.5. The van der Waals surface area contributed by atoms with E-state index in [4.69, 9.17) is 4.99 Å². The lowest BCUT2D eigenvalue weighted by atomic mass is 9.89. The maximum Gasteiger partial charge on any atom is 0.160 e. The molecule has 0 atom stereocenters. The summed E-state index contributed by atoms with van der Waals surface area (Å²) in [6, 6.07) is 0. The van der Waals surface area contributed by atoms with Gasteiger partial charge in [-0.3, -0.25) is 14.8 Å². The van der Waals surface area contributed by atoms with Crippen molar-refractivity contribution in [3.8, 4) is 0 Å². The Hall–Kier alpha value is -2.07. The Bertz CT molecular complexity index is 644. The van der Waals surface area contributed by atoms with Crippen molar-refractivity contribution in [1.82, 2.24) is 0 Å². The highest BCUT2D eigenvalue weighted by Crippen LogP contribution is 2.28. The molecule has 0 aromatic rings. The molecule has 26 heavy (non-hydrogen) atoms. The predicted molar refractivity (Wildman–Crippen MR) is 113 cm³/mol. The number of aliphatic hydroxyl groups is 1. The smallest absolute Gasteiger partial charge is 0.160 e. The largest absolute Gasteiger partial charge is 0.395 e. The molecule has 0 aliphatic carbocycles. The minimum Gasteiger partial charge on any atom is -0.395 e. The number of carbonyl (C=O) groups is 1. The predicted octanol–water partition coefficient (Wildman–Crippen LogP) is 4.87.